The first kappa shape index (κ1) is 21.7. The third kappa shape index (κ3) is 4.83. The van der Waals surface area contributed by atoms with Gasteiger partial charge in [0, 0.05) is 29.7 Å². The van der Waals surface area contributed by atoms with Crippen LogP contribution in [0.1, 0.15) is 34.6 Å². The highest BCUT2D eigenvalue weighted by Crippen LogP contribution is 2.46. The van der Waals surface area contributed by atoms with Gasteiger partial charge in [0.1, 0.15) is 12.4 Å². The number of amides is 1. The van der Waals surface area contributed by atoms with Gasteiger partial charge in [-0.15, -0.1) is 24.0 Å². The molecule has 1 aromatic carbocycles. The summed E-state index contributed by atoms with van der Waals surface area (Å²) in [5.41, 5.74) is 0.589. The summed E-state index contributed by atoms with van der Waals surface area (Å²) in [4.78, 5) is 18.7. The number of nitrogens with one attached hydrogen (secondary N) is 2. The van der Waals surface area contributed by atoms with Crippen LogP contribution in [-0.2, 0) is 4.79 Å². The van der Waals surface area contributed by atoms with Crippen molar-refractivity contribution in [3.63, 3.8) is 0 Å². The van der Waals surface area contributed by atoms with E-state index in [9.17, 15) is 9.18 Å². The van der Waals surface area contributed by atoms with Crippen LogP contribution in [0.2, 0.25) is 0 Å². The Bertz CT molecular complexity index is 646. The zero-order valence-corrected chi connectivity index (χ0v) is 17.8. The molecule has 0 spiro atoms. The molecule has 1 amide bonds. The van der Waals surface area contributed by atoms with Crippen LogP contribution in [0.15, 0.2) is 29.3 Å². The Morgan fingerprint density at radius 2 is 2.00 bits per heavy atom. The molecule has 1 heterocycles. The van der Waals surface area contributed by atoms with Crippen molar-refractivity contribution in [2.24, 2.45) is 10.4 Å². The van der Waals surface area contributed by atoms with Crippen molar-refractivity contribution < 1.29 is 9.18 Å². The van der Waals surface area contributed by atoms with E-state index in [-0.39, 0.29) is 53.2 Å². The molecule has 0 unspecified atom stereocenters. The standard InChI is InChI=1S/C18H27FN4O.HI/c1-6-20-16(23-12-17(2,3)18(23,4)5)21-11-15(24)22-14-9-7-8-13(19)10-14;/h7-10H,6,11-12H2,1-5H3,(H,20,21)(H,22,24);1H. The summed E-state index contributed by atoms with van der Waals surface area (Å²) in [5.74, 6) is 0.0824. The highest BCUT2D eigenvalue weighted by Gasteiger charge is 2.53. The molecule has 140 valence electrons. The van der Waals surface area contributed by atoms with E-state index in [0.29, 0.717) is 5.69 Å². The molecule has 2 N–H and O–H groups in total. The molecule has 25 heavy (non-hydrogen) atoms. The lowest BCUT2D eigenvalue weighted by Gasteiger charge is -2.62. The Kier molecular flexibility index (Phi) is 7.22. The van der Waals surface area contributed by atoms with Gasteiger partial charge >= 0.3 is 0 Å². The number of guanidine groups is 1. The largest absolute Gasteiger partial charge is 0.356 e. The van der Waals surface area contributed by atoms with E-state index >= 15 is 0 Å². The molecule has 0 radical (unpaired) electrons. The first-order valence-corrected chi connectivity index (χ1v) is 8.29. The van der Waals surface area contributed by atoms with Crippen molar-refractivity contribution in [1.82, 2.24) is 10.2 Å². The molecule has 5 nitrogen and oxygen atoms in total. The van der Waals surface area contributed by atoms with Gasteiger partial charge < -0.3 is 15.5 Å². The number of aliphatic imine (C=N–C) groups is 1. The summed E-state index contributed by atoms with van der Waals surface area (Å²) in [5, 5.41) is 5.90. The maximum Gasteiger partial charge on any atom is 0.246 e. The molecule has 0 atom stereocenters. The number of hydrogen-bond acceptors (Lipinski definition) is 2. The zero-order chi connectivity index (χ0) is 18.0. The minimum absolute atomic E-state index is 0. The predicted molar refractivity (Wildman–Crippen MR) is 111 cm³/mol. The Hall–Kier alpha value is -1.38. The van der Waals surface area contributed by atoms with E-state index in [0.717, 1.165) is 19.0 Å². The van der Waals surface area contributed by atoms with E-state index in [1.165, 1.54) is 12.1 Å². The summed E-state index contributed by atoms with van der Waals surface area (Å²) in [6, 6.07) is 5.83. The van der Waals surface area contributed by atoms with Crippen molar-refractivity contribution >= 4 is 41.5 Å². The third-order valence-electron chi connectivity index (χ3n) is 4.96. The Morgan fingerprint density at radius 3 is 2.52 bits per heavy atom. The highest BCUT2D eigenvalue weighted by molar-refractivity contribution is 14.0. The summed E-state index contributed by atoms with van der Waals surface area (Å²) in [7, 11) is 0. The number of rotatable bonds is 4. The molecule has 1 saturated heterocycles. The van der Waals surface area contributed by atoms with Crippen LogP contribution in [0.3, 0.4) is 0 Å². The molecule has 0 saturated carbocycles. The number of benzene rings is 1. The summed E-state index contributed by atoms with van der Waals surface area (Å²) in [6.45, 7) is 12.4. The molecule has 1 aliphatic rings. The highest BCUT2D eigenvalue weighted by atomic mass is 127. The maximum absolute atomic E-state index is 13.2. The number of hydrogen-bond donors (Lipinski definition) is 2. The lowest BCUT2D eigenvalue weighted by Crippen LogP contribution is -2.72. The second kappa shape index (κ2) is 8.33. The fourth-order valence-electron chi connectivity index (χ4n) is 2.71. The lowest BCUT2D eigenvalue weighted by molar-refractivity contribution is -0.115. The fraction of sp³-hybridized carbons (Fsp3) is 0.556. The predicted octanol–water partition coefficient (Wildman–Crippen LogP) is 3.47. The van der Waals surface area contributed by atoms with Crippen LogP contribution in [0.4, 0.5) is 10.1 Å². The smallest absolute Gasteiger partial charge is 0.246 e. The minimum atomic E-state index is -0.380. The van der Waals surface area contributed by atoms with Crippen molar-refractivity contribution in [3.05, 3.63) is 30.1 Å². The summed E-state index contributed by atoms with van der Waals surface area (Å²) in [6.07, 6.45) is 0. The number of carbonyl (C=O) groups excluding carboxylic acids is 1. The number of likely N-dealkylation sites (tertiary alicyclic amines) is 1. The minimum Gasteiger partial charge on any atom is -0.356 e. The van der Waals surface area contributed by atoms with E-state index < -0.39 is 0 Å². The first-order valence-electron chi connectivity index (χ1n) is 8.29. The first-order chi connectivity index (χ1) is 11.2. The topological polar surface area (TPSA) is 56.7 Å². The third-order valence-corrected chi connectivity index (χ3v) is 4.96. The zero-order valence-electron chi connectivity index (χ0n) is 15.5. The van der Waals surface area contributed by atoms with Crippen molar-refractivity contribution in [2.75, 3.05) is 25.0 Å². The number of halogens is 2. The van der Waals surface area contributed by atoms with E-state index in [4.69, 9.17) is 0 Å². The van der Waals surface area contributed by atoms with Crippen LogP contribution in [0.25, 0.3) is 0 Å². The normalized spacial score (nSPS) is 18.0. The van der Waals surface area contributed by atoms with E-state index in [1.807, 2.05) is 6.92 Å². The van der Waals surface area contributed by atoms with Gasteiger partial charge in [-0.05, 0) is 39.0 Å². The van der Waals surface area contributed by atoms with Gasteiger partial charge in [-0.1, -0.05) is 19.9 Å². The van der Waals surface area contributed by atoms with Crippen LogP contribution < -0.4 is 10.6 Å². The van der Waals surface area contributed by atoms with Gasteiger partial charge in [0.15, 0.2) is 5.96 Å². The SMILES string of the molecule is CCNC(=NCC(=O)Nc1cccc(F)c1)N1CC(C)(C)C1(C)C.I. The Balaban J connectivity index is 0.00000312. The van der Waals surface area contributed by atoms with Gasteiger partial charge in [-0.3, -0.25) is 4.79 Å². The maximum atomic E-state index is 13.2. The fourth-order valence-corrected chi connectivity index (χ4v) is 2.71. The van der Waals surface area contributed by atoms with Crippen LogP contribution in [-0.4, -0.2) is 41.9 Å². The van der Waals surface area contributed by atoms with Crippen molar-refractivity contribution in [3.8, 4) is 0 Å². The number of carbonyl (C=O) groups is 1. The quantitative estimate of drug-likeness (QED) is 0.410. The molecule has 0 bridgehead atoms. The average Bonchev–Trinajstić information content (AvgIpc) is 2.49. The second-order valence-corrected chi connectivity index (χ2v) is 7.26. The molecule has 1 aliphatic heterocycles. The van der Waals surface area contributed by atoms with E-state index in [1.54, 1.807) is 12.1 Å². The van der Waals surface area contributed by atoms with Crippen LogP contribution in [0.5, 0.6) is 0 Å². The van der Waals surface area contributed by atoms with Gasteiger partial charge in [0.25, 0.3) is 0 Å². The molecule has 1 fully saturated rings. The van der Waals surface area contributed by atoms with E-state index in [2.05, 4.69) is 48.2 Å². The summed E-state index contributed by atoms with van der Waals surface area (Å²) >= 11 is 0. The monoisotopic (exact) mass is 462 g/mol. The van der Waals surface area contributed by atoms with Crippen molar-refractivity contribution in [1.29, 1.82) is 0 Å². The van der Waals surface area contributed by atoms with Crippen molar-refractivity contribution in [2.45, 2.75) is 40.2 Å². The van der Waals surface area contributed by atoms with Gasteiger partial charge in [-0.25, -0.2) is 9.38 Å². The number of anilines is 1. The second-order valence-electron chi connectivity index (χ2n) is 7.26. The van der Waals surface area contributed by atoms with Crippen LogP contribution in [0, 0.1) is 11.2 Å². The van der Waals surface area contributed by atoms with Gasteiger partial charge in [-0.2, -0.15) is 0 Å². The average molecular weight is 462 g/mol. The number of nitrogens with zero attached hydrogens (tertiary/aromatic N) is 2. The summed E-state index contributed by atoms with van der Waals surface area (Å²) < 4.78 is 13.2. The van der Waals surface area contributed by atoms with Gasteiger partial charge in [0.05, 0.1) is 0 Å². The molecular weight excluding hydrogens is 434 g/mol. The lowest BCUT2D eigenvalue weighted by atomic mass is 9.65. The van der Waals surface area contributed by atoms with Crippen LogP contribution >= 0.6 is 24.0 Å². The molecule has 7 heteroatoms. The molecule has 0 aliphatic carbocycles. The Labute approximate surface area is 166 Å². The molecular formula is C18H28FIN4O. The molecule has 1 aromatic rings. The Morgan fingerprint density at radius 1 is 1.32 bits per heavy atom. The molecule has 0 aromatic heterocycles. The molecule has 2 rings (SSSR count). The van der Waals surface area contributed by atoms with Gasteiger partial charge in [0.2, 0.25) is 5.91 Å².